The molecule has 3 nitrogen and oxygen atoms in total. The van der Waals surface area contributed by atoms with Gasteiger partial charge >= 0.3 is 0 Å². The van der Waals surface area contributed by atoms with E-state index in [9.17, 15) is 9.90 Å². The summed E-state index contributed by atoms with van der Waals surface area (Å²) in [5.41, 5.74) is 1.27. The fourth-order valence-electron chi connectivity index (χ4n) is 1.19. The van der Waals surface area contributed by atoms with Gasteiger partial charge in [-0.3, -0.25) is 0 Å². The second kappa shape index (κ2) is 4.34. The first-order valence-electron chi connectivity index (χ1n) is 4.83. The van der Waals surface area contributed by atoms with Gasteiger partial charge in [0.25, 0.3) is 0 Å². The molecule has 0 fully saturated rings. The molecule has 0 saturated heterocycles. The van der Waals surface area contributed by atoms with Gasteiger partial charge in [-0.15, -0.1) is 0 Å². The summed E-state index contributed by atoms with van der Waals surface area (Å²) in [7, 11) is 0. The van der Waals surface area contributed by atoms with E-state index in [1.165, 1.54) is 5.56 Å². The Balaban J connectivity index is 2.69. The predicted octanol–water partition coefficient (Wildman–Crippen LogP) is 1.11. The number of carboxylic acid groups (broad SMARTS) is 1. The summed E-state index contributed by atoms with van der Waals surface area (Å²) in [6.07, 6.45) is 0. The van der Waals surface area contributed by atoms with Crippen molar-refractivity contribution in [3.8, 4) is 5.75 Å². The van der Waals surface area contributed by atoms with E-state index in [4.69, 9.17) is 4.74 Å². The molecule has 0 aliphatic rings. The van der Waals surface area contributed by atoms with Crippen LogP contribution in [0.2, 0.25) is 0 Å². The molecule has 1 aromatic carbocycles. The Kier molecular flexibility index (Phi) is 3.35. The van der Waals surface area contributed by atoms with Crippen molar-refractivity contribution in [3.05, 3.63) is 29.8 Å². The number of ether oxygens (including phenoxy) is 1. The number of hydrogen-bond donors (Lipinski definition) is 0. The first-order chi connectivity index (χ1) is 6.89. The van der Waals surface area contributed by atoms with Crippen LogP contribution in [0.25, 0.3) is 0 Å². The van der Waals surface area contributed by atoms with Crippen LogP contribution in [0, 0.1) is 0 Å². The topological polar surface area (TPSA) is 49.4 Å². The van der Waals surface area contributed by atoms with Gasteiger partial charge < -0.3 is 14.6 Å². The van der Waals surface area contributed by atoms with Gasteiger partial charge in [0.1, 0.15) is 12.4 Å². The summed E-state index contributed by atoms with van der Waals surface area (Å²) < 4.78 is 4.97. The Morgan fingerprint density at radius 1 is 1.27 bits per heavy atom. The first-order valence-corrected chi connectivity index (χ1v) is 4.83. The lowest BCUT2D eigenvalue weighted by Crippen LogP contribution is -2.28. The highest BCUT2D eigenvalue weighted by Crippen LogP contribution is 2.24. The molecule has 0 spiro atoms. The Bertz CT molecular complexity index is 333. The Morgan fingerprint density at radius 2 is 1.80 bits per heavy atom. The Morgan fingerprint density at radius 3 is 2.20 bits per heavy atom. The Hall–Kier alpha value is -1.51. The maximum Gasteiger partial charge on any atom is 0.128 e. The first kappa shape index (κ1) is 11.6. The minimum absolute atomic E-state index is 0.0902. The number of carboxylic acids is 1. The second-order valence-electron chi connectivity index (χ2n) is 4.44. The van der Waals surface area contributed by atoms with E-state index in [1.807, 2.05) is 12.1 Å². The molecule has 0 aliphatic carbocycles. The van der Waals surface area contributed by atoms with Crippen molar-refractivity contribution in [1.29, 1.82) is 0 Å². The highest BCUT2D eigenvalue weighted by Gasteiger charge is 2.12. The summed E-state index contributed by atoms with van der Waals surface area (Å²) >= 11 is 0. The van der Waals surface area contributed by atoms with E-state index in [0.29, 0.717) is 5.75 Å². The lowest BCUT2D eigenvalue weighted by atomic mass is 9.87. The molecule has 0 aliphatic heterocycles. The van der Waals surface area contributed by atoms with Crippen LogP contribution < -0.4 is 9.84 Å². The van der Waals surface area contributed by atoms with Crippen LogP contribution in [0.3, 0.4) is 0 Å². The van der Waals surface area contributed by atoms with Crippen LogP contribution in [0.1, 0.15) is 26.3 Å². The lowest BCUT2D eigenvalue weighted by Gasteiger charge is -2.19. The summed E-state index contributed by atoms with van der Waals surface area (Å²) in [4.78, 5) is 10.2. The van der Waals surface area contributed by atoms with Gasteiger partial charge in [0, 0.05) is 0 Å². The average molecular weight is 207 g/mol. The zero-order valence-corrected chi connectivity index (χ0v) is 9.24. The van der Waals surface area contributed by atoms with Gasteiger partial charge in [-0.05, 0) is 23.1 Å². The van der Waals surface area contributed by atoms with Crippen LogP contribution in [0.15, 0.2) is 24.3 Å². The molecule has 3 heteroatoms. The van der Waals surface area contributed by atoms with E-state index in [1.54, 1.807) is 12.1 Å². The normalized spacial score (nSPS) is 11.1. The molecule has 0 aromatic heterocycles. The summed E-state index contributed by atoms with van der Waals surface area (Å²) in [5, 5.41) is 10.2. The maximum absolute atomic E-state index is 10.2. The summed E-state index contributed by atoms with van der Waals surface area (Å²) in [6, 6.07) is 7.41. The van der Waals surface area contributed by atoms with Gasteiger partial charge in [-0.2, -0.15) is 0 Å². The number of benzene rings is 1. The second-order valence-corrected chi connectivity index (χ2v) is 4.44. The van der Waals surface area contributed by atoms with E-state index in [0.717, 1.165) is 0 Å². The minimum Gasteiger partial charge on any atom is -0.546 e. The molecule has 0 unspecified atom stereocenters. The van der Waals surface area contributed by atoms with Crippen molar-refractivity contribution in [3.63, 3.8) is 0 Å². The molecule has 0 atom stereocenters. The third-order valence-electron chi connectivity index (χ3n) is 2.08. The van der Waals surface area contributed by atoms with Gasteiger partial charge in [-0.25, -0.2) is 0 Å². The standard InChI is InChI=1S/C12H16O3/c1-12(2,3)9-4-6-10(7-5-9)15-8-11(13)14/h4-7H,8H2,1-3H3,(H,13,14)/p-1. The SMILES string of the molecule is CC(C)(C)c1ccc(OCC(=O)[O-])cc1. The predicted molar refractivity (Wildman–Crippen MR) is 55.6 cm³/mol. The van der Waals surface area contributed by atoms with Crippen LogP contribution in [-0.4, -0.2) is 12.6 Å². The fraction of sp³-hybridized carbons (Fsp3) is 0.417. The quantitative estimate of drug-likeness (QED) is 0.746. The molecule has 1 aromatic rings. The van der Waals surface area contributed by atoms with Crippen LogP contribution in [-0.2, 0) is 10.2 Å². The van der Waals surface area contributed by atoms with Crippen molar-refractivity contribution < 1.29 is 14.6 Å². The highest BCUT2D eigenvalue weighted by molar-refractivity contribution is 5.66. The fourth-order valence-corrected chi connectivity index (χ4v) is 1.19. The molecule has 15 heavy (non-hydrogen) atoms. The van der Waals surface area contributed by atoms with E-state index in [2.05, 4.69) is 20.8 Å². The highest BCUT2D eigenvalue weighted by atomic mass is 16.5. The van der Waals surface area contributed by atoms with Gasteiger partial charge in [-0.1, -0.05) is 32.9 Å². The molecular formula is C12H15O3-. The van der Waals surface area contributed by atoms with E-state index < -0.39 is 12.6 Å². The monoisotopic (exact) mass is 207 g/mol. The smallest absolute Gasteiger partial charge is 0.128 e. The molecule has 0 amide bonds. The molecule has 0 heterocycles. The molecular weight excluding hydrogens is 192 g/mol. The van der Waals surface area contributed by atoms with Crippen molar-refractivity contribution in [2.75, 3.05) is 6.61 Å². The number of rotatable bonds is 3. The summed E-state index contributed by atoms with van der Waals surface area (Å²) in [6.45, 7) is 5.94. The van der Waals surface area contributed by atoms with Gasteiger partial charge in [0.15, 0.2) is 0 Å². The third kappa shape index (κ3) is 3.62. The van der Waals surface area contributed by atoms with E-state index >= 15 is 0 Å². The molecule has 0 radical (unpaired) electrons. The zero-order valence-electron chi connectivity index (χ0n) is 9.24. The van der Waals surface area contributed by atoms with Crippen LogP contribution >= 0.6 is 0 Å². The molecule has 82 valence electrons. The average Bonchev–Trinajstić information content (AvgIpc) is 2.14. The minimum atomic E-state index is -1.21. The Labute approximate surface area is 89.7 Å². The number of carbonyl (C=O) groups excluding carboxylic acids is 1. The maximum atomic E-state index is 10.2. The third-order valence-corrected chi connectivity index (χ3v) is 2.08. The number of aliphatic carboxylic acids is 1. The van der Waals surface area contributed by atoms with Crippen molar-refractivity contribution >= 4 is 5.97 Å². The van der Waals surface area contributed by atoms with Crippen molar-refractivity contribution in [1.82, 2.24) is 0 Å². The van der Waals surface area contributed by atoms with Crippen molar-refractivity contribution in [2.45, 2.75) is 26.2 Å². The van der Waals surface area contributed by atoms with Gasteiger partial charge in [0.2, 0.25) is 0 Å². The van der Waals surface area contributed by atoms with Crippen LogP contribution in [0.5, 0.6) is 5.75 Å². The largest absolute Gasteiger partial charge is 0.546 e. The zero-order chi connectivity index (χ0) is 11.5. The molecule has 0 saturated carbocycles. The van der Waals surface area contributed by atoms with Gasteiger partial charge in [0.05, 0.1) is 5.97 Å². The summed E-state index contributed by atoms with van der Waals surface area (Å²) in [5.74, 6) is -0.665. The molecule has 0 N–H and O–H groups in total. The van der Waals surface area contributed by atoms with Crippen molar-refractivity contribution in [2.24, 2.45) is 0 Å². The molecule has 0 bridgehead atoms. The number of hydrogen-bond acceptors (Lipinski definition) is 3. The van der Waals surface area contributed by atoms with Crippen LogP contribution in [0.4, 0.5) is 0 Å². The lowest BCUT2D eigenvalue weighted by molar-refractivity contribution is -0.307. The number of carbonyl (C=O) groups is 1. The molecule has 1 rings (SSSR count). The van der Waals surface area contributed by atoms with E-state index in [-0.39, 0.29) is 5.41 Å².